The number of amides is 1. The molecule has 1 saturated heterocycles. The summed E-state index contributed by atoms with van der Waals surface area (Å²) in [5.74, 6) is -0.508. The Morgan fingerprint density at radius 1 is 1.40 bits per heavy atom. The molecule has 2 aliphatic rings. The highest BCUT2D eigenvalue weighted by atomic mass is 16.5. The molecule has 114 valence electrons. The summed E-state index contributed by atoms with van der Waals surface area (Å²) in [5, 5.41) is 8.91. The predicted octanol–water partition coefficient (Wildman–Crippen LogP) is 0.894. The average Bonchev–Trinajstić information content (AvgIpc) is 2.45. The van der Waals surface area contributed by atoms with E-state index in [1.54, 1.807) is 0 Å². The van der Waals surface area contributed by atoms with E-state index in [1.807, 2.05) is 0 Å². The van der Waals surface area contributed by atoms with E-state index in [4.69, 9.17) is 14.6 Å². The number of rotatable bonds is 4. The molecule has 1 aliphatic carbocycles. The van der Waals surface area contributed by atoms with Crippen LogP contribution in [0.2, 0.25) is 0 Å². The Hall–Kier alpha value is -1.14. The van der Waals surface area contributed by atoms with Gasteiger partial charge in [-0.15, -0.1) is 0 Å². The summed E-state index contributed by atoms with van der Waals surface area (Å²) in [7, 11) is 0. The van der Waals surface area contributed by atoms with Crippen molar-refractivity contribution in [1.29, 1.82) is 0 Å². The number of ether oxygens (including phenoxy) is 2. The lowest BCUT2D eigenvalue weighted by Gasteiger charge is -2.32. The number of hydrogen-bond donors (Lipinski definition) is 1. The average molecular weight is 285 g/mol. The summed E-state index contributed by atoms with van der Waals surface area (Å²) < 4.78 is 10.8. The third-order valence-corrected chi connectivity index (χ3v) is 4.03. The number of carboxylic acids is 1. The monoisotopic (exact) mass is 285 g/mol. The van der Waals surface area contributed by atoms with Gasteiger partial charge >= 0.3 is 5.97 Å². The molecule has 1 amide bonds. The lowest BCUT2D eigenvalue weighted by Crippen LogP contribution is -2.49. The summed E-state index contributed by atoms with van der Waals surface area (Å²) in [6.07, 6.45) is 3.66. The summed E-state index contributed by atoms with van der Waals surface area (Å²) in [5.41, 5.74) is 0. The Kier molecular flexibility index (Phi) is 5.37. The zero-order valence-corrected chi connectivity index (χ0v) is 11.9. The van der Waals surface area contributed by atoms with Crippen LogP contribution in [0.3, 0.4) is 0 Å². The molecular weight excluding hydrogens is 262 g/mol. The van der Waals surface area contributed by atoms with Crippen LogP contribution in [-0.4, -0.2) is 60.4 Å². The maximum absolute atomic E-state index is 12.0. The van der Waals surface area contributed by atoms with Crippen LogP contribution in [0.4, 0.5) is 0 Å². The summed E-state index contributed by atoms with van der Waals surface area (Å²) in [4.78, 5) is 24.4. The highest BCUT2D eigenvalue weighted by molar-refractivity contribution is 5.79. The Morgan fingerprint density at radius 3 is 2.90 bits per heavy atom. The Balaban J connectivity index is 1.75. The molecule has 0 radical (unpaired) electrons. The number of aliphatic carboxylic acids is 1. The second-order valence-electron chi connectivity index (χ2n) is 5.74. The first kappa shape index (κ1) is 15.3. The molecule has 2 rings (SSSR count). The van der Waals surface area contributed by atoms with Crippen molar-refractivity contribution < 1.29 is 24.2 Å². The molecule has 3 atom stereocenters. The highest BCUT2D eigenvalue weighted by Crippen LogP contribution is 2.25. The molecule has 1 N–H and O–H groups in total. The van der Waals surface area contributed by atoms with Crippen LogP contribution in [0, 0.1) is 5.92 Å². The maximum atomic E-state index is 12.0. The molecule has 6 heteroatoms. The third-order valence-electron chi connectivity index (χ3n) is 4.03. The minimum atomic E-state index is -1.02. The van der Waals surface area contributed by atoms with Gasteiger partial charge in [0.1, 0.15) is 6.61 Å². The molecule has 0 aromatic rings. The van der Waals surface area contributed by atoms with Crippen LogP contribution in [0.5, 0.6) is 0 Å². The second kappa shape index (κ2) is 7.04. The van der Waals surface area contributed by atoms with Gasteiger partial charge in [-0.2, -0.15) is 0 Å². The number of carbonyl (C=O) groups excluding carboxylic acids is 1. The largest absolute Gasteiger partial charge is 0.479 e. The van der Waals surface area contributed by atoms with Crippen molar-refractivity contribution >= 4 is 11.9 Å². The lowest BCUT2D eigenvalue weighted by molar-refractivity contribution is -0.161. The number of hydrogen-bond acceptors (Lipinski definition) is 4. The second-order valence-corrected chi connectivity index (χ2v) is 5.74. The zero-order chi connectivity index (χ0) is 14.5. The van der Waals surface area contributed by atoms with Gasteiger partial charge in [0.05, 0.1) is 19.3 Å². The number of morpholine rings is 1. The van der Waals surface area contributed by atoms with Gasteiger partial charge in [0.25, 0.3) is 0 Å². The van der Waals surface area contributed by atoms with Crippen molar-refractivity contribution in [2.24, 2.45) is 5.92 Å². The molecule has 20 heavy (non-hydrogen) atoms. The van der Waals surface area contributed by atoms with E-state index in [0.29, 0.717) is 12.5 Å². The van der Waals surface area contributed by atoms with E-state index in [2.05, 4.69) is 6.92 Å². The molecule has 0 aromatic heterocycles. The van der Waals surface area contributed by atoms with Gasteiger partial charge in [-0.05, 0) is 18.8 Å². The van der Waals surface area contributed by atoms with Crippen LogP contribution in [-0.2, 0) is 19.1 Å². The fourth-order valence-corrected chi connectivity index (χ4v) is 2.84. The maximum Gasteiger partial charge on any atom is 0.334 e. The standard InChI is InChI=1S/C14H23NO5/c1-10-3-2-4-11(7-10)20-9-13(16)15-5-6-19-12(8-15)14(17)18/h10-12H,2-9H2,1H3,(H,17,18)/t10-,11-,12-/m1/s1. The van der Waals surface area contributed by atoms with E-state index in [0.717, 1.165) is 19.3 Å². The number of nitrogens with zero attached hydrogens (tertiary/aromatic N) is 1. The number of carboxylic acid groups (broad SMARTS) is 1. The fraction of sp³-hybridized carbons (Fsp3) is 0.857. The normalized spacial score (nSPS) is 31.1. The smallest absolute Gasteiger partial charge is 0.334 e. The molecule has 1 saturated carbocycles. The van der Waals surface area contributed by atoms with Crippen molar-refractivity contribution in [3.8, 4) is 0 Å². The molecule has 2 fully saturated rings. The zero-order valence-electron chi connectivity index (χ0n) is 11.9. The lowest BCUT2D eigenvalue weighted by atomic mass is 9.89. The van der Waals surface area contributed by atoms with Crippen LogP contribution in [0.1, 0.15) is 32.6 Å². The van der Waals surface area contributed by atoms with Gasteiger partial charge < -0.3 is 19.5 Å². The Labute approximate surface area is 119 Å². The van der Waals surface area contributed by atoms with Crippen LogP contribution < -0.4 is 0 Å². The van der Waals surface area contributed by atoms with Crippen LogP contribution in [0.25, 0.3) is 0 Å². The van der Waals surface area contributed by atoms with E-state index >= 15 is 0 Å². The van der Waals surface area contributed by atoms with E-state index < -0.39 is 12.1 Å². The van der Waals surface area contributed by atoms with Gasteiger partial charge in [0.15, 0.2) is 6.10 Å². The van der Waals surface area contributed by atoms with Crippen molar-refractivity contribution in [2.75, 3.05) is 26.3 Å². The van der Waals surface area contributed by atoms with Gasteiger partial charge in [-0.1, -0.05) is 19.8 Å². The molecule has 1 aliphatic heterocycles. The van der Waals surface area contributed by atoms with Crippen molar-refractivity contribution in [3.63, 3.8) is 0 Å². The summed E-state index contributed by atoms with van der Waals surface area (Å²) in [6.45, 7) is 3.06. The first-order chi connectivity index (χ1) is 9.56. The molecule has 0 spiro atoms. The first-order valence-electron chi connectivity index (χ1n) is 7.30. The first-order valence-corrected chi connectivity index (χ1v) is 7.30. The summed E-state index contributed by atoms with van der Waals surface area (Å²) >= 11 is 0. The molecule has 0 aromatic carbocycles. The van der Waals surface area contributed by atoms with Gasteiger partial charge in [-0.3, -0.25) is 4.79 Å². The molecular formula is C14H23NO5. The van der Waals surface area contributed by atoms with Gasteiger partial charge in [0, 0.05) is 6.54 Å². The SMILES string of the molecule is C[C@@H]1CCC[C@@H](OCC(=O)N2CCO[C@@H](C(=O)O)C2)C1. The Morgan fingerprint density at radius 2 is 2.20 bits per heavy atom. The molecule has 0 unspecified atom stereocenters. The van der Waals surface area contributed by atoms with Crippen molar-refractivity contribution in [2.45, 2.75) is 44.8 Å². The fourth-order valence-electron chi connectivity index (χ4n) is 2.84. The molecule has 0 bridgehead atoms. The van der Waals surface area contributed by atoms with E-state index in [1.165, 1.54) is 11.3 Å². The quantitative estimate of drug-likeness (QED) is 0.830. The minimum absolute atomic E-state index is 0.0454. The van der Waals surface area contributed by atoms with Crippen LogP contribution >= 0.6 is 0 Å². The predicted molar refractivity (Wildman–Crippen MR) is 71.3 cm³/mol. The minimum Gasteiger partial charge on any atom is -0.479 e. The van der Waals surface area contributed by atoms with E-state index in [9.17, 15) is 9.59 Å². The van der Waals surface area contributed by atoms with E-state index in [-0.39, 0.29) is 31.8 Å². The highest BCUT2D eigenvalue weighted by Gasteiger charge is 2.29. The number of carbonyl (C=O) groups is 2. The van der Waals surface area contributed by atoms with Crippen LogP contribution in [0.15, 0.2) is 0 Å². The van der Waals surface area contributed by atoms with Crippen molar-refractivity contribution in [1.82, 2.24) is 4.90 Å². The molecule has 1 heterocycles. The van der Waals surface area contributed by atoms with Gasteiger partial charge in [0.2, 0.25) is 5.91 Å². The third kappa shape index (κ3) is 4.18. The topological polar surface area (TPSA) is 76.1 Å². The molecule has 6 nitrogen and oxygen atoms in total. The van der Waals surface area contributed by atoms with Gasteiger partial charge in [-0.25, -0.2) is 4.79 Å². The summed E-state index contributed by atoms with van der Waals surface area (Å²) in [6, 6.07) is 0. The van der Waals surface area contributed by atoms with Crippen molar-refractivity contribution in [3.05, 3.63) is 0 Å². The Bertz CT molecular complexity index is 359.